The molecule has 0 saturated carbocycles. The minimum Gasteiger partial charge on any atom is -0.497 e. The number of rotatable bonds is 11. The second kappa shape index (κ2) is 13.6. The fourth-order valence-electron chi connectivity index (χ4n) is 4.17. The van der Waals surface area contributed by atoms with Crippen molar-refractivity contribution in [3.8, 4) is 17.2 Å². The first kappa shape index (κ1) is 29.4. The predicted octanol–water partition coefficient (Wildman–Crippen LogP) is 5.36. The highest BCUT2D eigenvalue weighted by Gasteiger charge is 2.40. The maximum Gasteiger partial charge on any atom is 0.338 e. The largest absolute Gasteiger partial charge is 0.497 e. The smallest absolute Gasteiger partial charge is 0.338 e. The lowest BCUT2D eigenvalue weighted by atomic mass is 9.92. The molecule has 0 radical (unpaired) electrons. The first-order chi connectivity index (χ1) is 18.7. The van der Waals surface area contributed by atoms with Gasteiger partial charge in [-0.25, -0.2) is 4.79 Å². The number of hydrogen-bond donors (Lipinski definition) is 1. The minimum atomic E-state index is -0.864. The van der Waals surface area contributed by atoms with Crippen LogP contribution < -0.4 is 19.5 Å². The van der Waals surface area contributed by atoms with Crippen LogP contribution in [-0.4, -0.2) is 48.8 Å². The topological polar surface area (TPSA) is 86.3 Å². The molecule has 0 aliphatic carbocycles. The average molecular weight is 551 g/mol. The van der Waals surface area contributed by atoms with E-state index < -0.39 is 12.0 Å². The molecule has 0 saturated heterocycles. The van der Waals surface area contributed by atoms with Crippen molar-refractivity contribution in [1.82, 2.24) is 10.2 Å². The Morgan fingerprint density at radius 3 is 2.41 bits per heavy atom. The zero-order chi connectivity index (χ0) is 28.5. The van der Waals surface area contributed by atoms with Crippen LogP contribution in [0.3, 0.4) is 0 Å². The number of methoxy groups -OCH3 is 1. The highest BCUT2D eigenvalue weighted by molar-refractivity contribution is 7.80. The van der Waals surface area contributed by atoms with Gasteiger partial charge in [-0.15, -0.1) is 0 Å². The second-order valence-electron chi connectivity index (χ2n) is 8.61. The van der Waals surface area contributed by atoms with Gasteiger partial charge < -0.3 is 24.3 Å². The summed E-state index contributed by atoms with van der Waals surface area (Å²) in [6, 6.07) is 11.8. The van der Waals surface area contributed by atoms with E-state index in [4.69, 9.17) is 31.2 Å². The van der Waals surface area contributed by atoms with E-state index >= 15 is 0 Å². The molecular weight excluding hydrogens is 516 g/mol. The molecule has 0 aromatic heterocycles. The van der Waals surface area contributed by atoms with Gasteiger partial charge in [-0.3, -0.25) is 9.69 Å². The molecule has 0 bridgehead atoms. The normalized spacial score (nSPS) is 15.4. The predicted molar refractivity (Wildman–Crippen MR) is 155 cm³/mol. The molecule has 1 heterocycles. The number of ether oxygens (including phenoxy) is 4. The third kappa shape index (κ3) is 6.86. The summed E-state index contributed by atoms with van der Waals surface area (Å²) in [5.74, 6) is 0.786. The molecule has 0 fully saturated rings. The molecule has 39 heavy (non-hydrogen) atoms. The van der Waals surface area contributed by atoms with Gasteiger partial charge in [0, 0.05) is 11.3 Å². The molecule has 9 heteroatoms. The maximum absolute atomic E-state index is 13.9. The number of carbonyl (C=O) groups excluding carboxylic acids is 2. The van der Waals surface area contributed by atoms with Crippen LogP contribution in [-0.2, 0) is 14.3 Å². The van der Waals surface area contributed by atoms with E-state index in [-0.39, 0.29) is 23.2 Å². The van der Waals surface area contributed by atoms with Gasteiger partial charge in [-0.2, -0.15) is 0 Å². The van der Waals surface area contributed by atoms with Crippen molar-refractivity contribution in [3.63, 3.8) is 0 Å². The number of amides is 1. The molecular formula is C30H34N2O6S. The van der Waals surface area contributed by atoms with Crippen molar-refractivity contribution in [3.05, 3.63) is 83.1 Å². The summed E-state index contributed by atoms with van der Waals surface area (Å²) in [4.78, 5) is 28.5. The van der Waals surface area contributed by atoms with Gasteiger partial charge in [0.25, 0.3) is 5.91 Å². The van der Waals surface area contributed by atoms with Gasteiger partial charge in [-0.1, -0.05) is 30.9 Å². The number of hydrogen-bond acceptors (Lipinski definition) is 7. The Bertz CT molecular complexity index is 1300. The van der Waals surface area contributed by atoms with Crippen LogP contribution in [0.1, 0.15) is 44.9 Å². The lowest BCUT2D eigenvalue weighted by Gasteiger charge is -2.38. The quantitative estimate of drug-likeness (QED) is 0.173. The van der Waals surface area contributed by atoms with Crippen LogP contribution in [0.2, 0.25) is 0 Å². The zero-order valence-corrected chi connectivity index (χ0v) is 23.7. The van der Waals surface area contributed by atoms with Crippen LogP contribution in [0, 0.1) is 0 Å². The first-order valence-electron chi connectivity index (χ1n) is 12.6. The van der Waals surface area contributed by atoms with E-state index in [1.54, 1.807) is 58.2 Å². The van der Waals surface area contributed by atoms with Gasteiger partial charge in [0.2, 0.25) is 0 Å². The molecule has 1 N–H and O–H groups in total. The minimum absolute atomic E-state index is 0.169. The van der Waals surface area contributed by atoms with Crippen LogP contribution in [0.15, 0.2) is 72.0 Å². The zero-order valence-electron chi connectivity index (χ0n) is 22.9. The second-order valence-corrected chi connectivity index (χ2v) is 8.99. The molecule has 2 aromatic rings. The van der Waals surface area contributed by atoms with Crippen LogP contribution in [0.5, 0.6) is 17.2 Å². The highest BCUT2D eigenvalue weighted by Crippen LogP contribution is 2.39. The fraction of sp³-hybridized carbons (Fsp3) is 0.300. The summed E-state index contributed by atoms with van der Waals surface area (Å²) in [5, 5.41) is 3.19. The van der Waals surface area contributed by atoms with Crippen molar-refractivity contribution < 1.29 is 28.5 Å². The summed E-state index contributed by atoms with van der Waals surface area (Å²) in [6.07, 6.45) is 3.40. The standard InChI is InChI=1S/C30H34N2O6S/c1-7-16-38-24-15-12-22(18-25(24)36-8-2)27-26(29(34)37-9-3)20(5)31-30(39)32(27)28(33)19(4)17-21-10-13-23(35-6)14-11-21/h7,10-15,17-18,27H,1,8-9,16H2,2-6H3,(H,31,39)/b19-17+. The van der Waals surface area contributed by atoms with Gasteiger partial charge >= 0.3 is 5.97 Å². The Labute approximate surface area is 234 Å². The Balaban J connectivity index is 2.13. The van der Waals surface area contributed by atoms with E-state index in [1.807, 2.05) is 31.2 Å². The number of nitrogens with zero attached hydrogens (tertiary/aromatic N) is 1. The number of carbonyl (C=O) groups is 2. The molecule has 1 unspecified atom stereocenters. The molecule has 2 aromatic carbocycles. The summed E-state index contributed by atoms with van der Waals surface area (Å²) in [7, 11) is 1.59. The maximum atomic E-state index is 13.9. The van der Waals surface area contributed by atoms with E-state index in [0.717, 1.165) is 5.56 Å². The van der Waals surface area contributed by atoms with E-state index in [9.17, 15) is 9.59 Å². The van der Waals surface area contributed by atoms with Crippen LogP contribution >= 0.6 is 12.2 Å². The summed E-state index contributed by atoms with van der Waals surface area (Å²) < 4.78 is 22.2. The van der Waals surface area contributed by atoms with Crippen molar-refractivity contribution in [2.45, 2.75) is 33.7 Å². The van der Waals surface area contributed by atoms with Gasteiger partial charge in [-0.05, 0) is 81.4 Å². The van der Waals surface area contributed by atoms with Crippen molar-refractivity contribution in [2.24, 2.45) is 0 Å². The molecule has 1 aliphatic heterocycles. The first-order valence-corrected chi connectivity index (χ1v) is 13.0. The van der Waals surface area contributed by atoms with Gasteiger partial charge in [0.05, 0.1) is 31.9 Å². The lowest BCUT2D eigenvalue weighted by Crippen LogP contribution is -2.51. The molecule has 1 amide bonds. The van der Waals surface area contributed by atoms with E-state index in [2.05, 4.69) is 11.9 Å². The number of nitrogens with one attached hydrogen (secondary N) is 1. The Kier molecular flexibility index (Phi) is 10.3. The molecule has 1 aliphatic rings. The van der Waals surface area contributed by atoms with E-state index in [1.165, 1.54) is 4.90 Å². The van der Waals surface area contributed by atoms with Gasteiger partial charge in [0.15, 0.2) is 16.6 Å². The number of esters is 1. The fourth-order valence-corrected chi connectivity index (χ4v) is 4.51. The number of allylic oxidation sites excluding steroid dienone is 1. The molecule has 0 spiro atoms. The number of thiocarbonyl (C=S) groups is 1. The Hall–Kier alpha value is -4.11. The average Bonchev–Trinajstić information content (AvgIpc) is 2.92. The molecule has 3 rings (SSSR count). The Morgan fingerprint density at radius 1 is 1.08 bits per heavy atom. The number of benzene rings is 2. The lowest BCUT2D eigenvalue weighted by molar-refractivity contribution is -0.139. The van der Waals surface area contributed by atoms with Crippen molar-refractivity contribution in [2.75, 3.05) is 26.9 Å². The van der Waals surface area contributed by atoms with Crippen molar-refractivity contribution in [1.29, 1.82) is 0 Å². The third-order valence-electron chi connectivity index (χ3n) is 5.94. The summed E-state index contributed by atoms with van der Waals surface area (Å²) in [6.45, 7) is 11.6. The Morgan fingerprint density at radius 2 is 1.79 bits per heavy atom. The molecule has 206 valence electrons. The third-order valence-corrected chi connectivity index (χ3v) is 6.24. The monoisotopic (exact) mass is 550 g/mol. The van der Waals surface area contributed by atoms with E-state index in [0.29, 0.717) is 47.3 Å². The SMILES string of the molecule is C=CCOc1ccc(C2C(C(=O)OCC)=C(C)NC(=S)N2C(=O)/C(C)=C/c2ccc(OC)cc2)cc1OCC. The molecule has 8 nitrogen and oxygen atoms in total. The summed E-state index contributed by atoms with van der Waals surface area (Å²) >= 11 is 5.64. The molecule has 1 atom stereocenters. The van der Waals surface area contributed by atoms with Crippen LogP contribution in [0.25, 0.3) is 6.08 Å². The van der Waals surface area contributed by atoms with Gasteiger partial charge in [0.1, 0.15) is 12.4 Å². The van der Waals surface area contributed by atoms with Crippen molar-refractivity contribution >= 4 is 35.3 Å². The summed E-state index contributed by atoms with van der Waals surface area (Å²) in [5.41, 5.74) is 2.63. The van der Waals surface area contributed by atoms with Crippen LogP contribution in [0.4, 0.5) is 0 Å². The highest BCUT2D eigenvalue weighted by atomic mass is 32.1.